The normalized spacial score (nSPS) is 23.2. The Morgan fingerprint density at radius 2 is 2.00 bits per heavy atom. The maximum atomic E-state index is 12.4. The summed E-state index contributed by atoms with van der Waals surface area (Å²) in [6.45, 7) is 8.24. The molecular weight excluding hydrogens is 314 g/mol. The second kappa shape index (κ2) is 5.79. The summed E-state index contributed by atoms with van der Waals surface area (Å²) in [5.41, 5.74) is 3.61. The molecule has 0 radical (unpaired) electrons. The van der Waals surface area contributed by atoms with Crippen LogP contribution in [0.5, 0.6) is 0 Å². The predicted molar refractivity (Wildman–Crippen MR) is 86.2 cm³/mol. The van der Waals surface area contributed by atoms with E-state index in [2.05, 4.69) is 10.3 Å². The zero-order valence-electron chi connectivity index (χ0n) is 11.6. The second-order valence-corrected chi connectivity index (χ2v) is 7.15. The zero-order valence-corrected chi connectivity index (χ0v) is 14.1. The number of amides is 2. The van der Waals surface area contributed by atoms with Crippen molar-refractivity contribution in [1.29, 1.82) is 0 Å². The first-order chi connectivity index (χ1) is 9.36. The minimum absolute atomic E-state index is 0.265. The van der Waals surface area contributed by atoms with Crippen LogP contribution >= 0.6 is 35.7 Å². The van der Waals surface area contributed by atoms with Crippen molar-refractivity contribution in [3.63, 3.8) is 0 Å². The van der Waals surface area contributed by atoms with Crippen LogP contribution < -0.4 is 5.43 Å². The fourth-order valence-electron chi connectivity index (χ4n) is 1.92. The number of thioether (sulfide) groups is 2. The lowest BCUT2D eigenvalue weighted by molar-refractivity contribution is -0.132. The average Bonchev–Trinajstić information content (AvgIpc) is 2.81. The minimum atomic E-state index is -0.315. The van der Waals surface area contributed by atoms with Crippen LogP contribution in [-0.2, 0) is 9.59 Å². The lowest BCUT2D eigenvalue weighted by atomic mass is 10.4. The maximum absolute atomic E-state index is 12.4. The molecule has 0 aliphatic carbocycles. The quantitative estimate of drug-likeness (QED) is 0.620. The fourth-order valence-corrected chi connectivity index (χ4v) is 4.42. The van der Waals surface area contributed by atoms with Gasteiger partial charge >= 0.3 is 0 Å². The van der Waals surface area contributed by atoms with Gasteiger partial charge in [-0.25, -0.2) is 0 Å². The molecule has 2 aliphatic heterocycles. The highest BCUT2D eigenvalue weighted by Gasteiger charge is 2.38. The van der Waals surface area contributed by atoms with Gasteiger partial charge in [0.1, 0.15) is 4.91 Å². The molecular formula is C12H15N3O2S3. The smallest absolute Gasteiger partial charge is 0.287 e. The summed E-state index contributed by atoms with van der Waals surface area (Å²) in [7, 11) is 0. The molecule has 2 rings (SSSR count). The molecule has 1 N–H and O–H groups in total. The predicted octanol–water partition coefficient (Wildman–Crippen LogP) is 2.39. The van der Waals surface area contributed by atoms with Crippen LogP contribution in [0.2, 0.25) is 0 Å². The number of nitrogens with zero attached hydrogens (tertiary/aromatic N) is 2. The van der Waals surface area contributed by atoms with E-state index in [1.165, 1.54) is 23.6 Å². The third-order valence-electron chi connectivity index (χ3n) is 2.96. The number of thiocarbonyl (C=S) groups is 1. The van der Waals surface area contributed by atoms with Crippen molar-refractivity contribution in [1.82, 2.24) is 15.3 Å². The van der Waals surface area contributed by atoms with Gasteiger partial charge in [-0.15, -0.1) is 0 Å². The molecule has 0 saturated carbocycles. The van der Waals surface area contributed by atoms with Gasteiger partial charge in [-0.05, 0) is 44.8 Å². The topological polar surface area (TPSA) is 52.6 Å². The molecule has 0 bridgehead atoms. The molecule has 2 amide bonds. The summed E-state index contributed by atoms with van der Waals surface area (Å²) in [6.07, 6.45) is 0. The van der Waals surface area contributed by atoms with E-state index in [9.17, 15) is 9.59 Å². The number of hydrazine groups is 1. The molecule has 0 spiro atoms. The second-order valence-electron chi connectivity index (χ2n) is 4.30. The van der Waals surface area contributed by atoms with Crippen LogP contribution in [0.4, 0.5) is 0 Å². The number of hydrogen-bond donors (Lipinski definition) is 1. The Balaban J connectivity index is 2.35. The van der Waals surface area contributed by atoms with Gasteiger partial charge in [0.05, 0.1) is 5.03 Å². The summed E-state index contributed by atoms with van der Waals surface area (Å²) in [6, 6.07) is 0. The fraction of sp³-hybridized carbons (Fsp3) is 0.417. The number of allylic oxidation sites excluding steroid dienone is 2. The molecule has 20 heavy (non-hydrogen) atoms. The third-order valence-corrected chi connectivity index (χ3v) is 5.67. The summed E-state index contributed by atoms with van der Waals surface area (Å²) < 4.78 is 0.353. The molecule has 0 atom stereocenters. The minimum Gasteiger partial charge on any atom is -0.338 e. The van der Waals surface area contributed by atoms with Crippen molar-refractivity contribution in [3.05, 3.63) is 20.5 Å². The molecule has 2 heterocycles. The van der Waals surface area contributed by atoms with Gasteiger partial charge in [0, 0.05) is 24.1 Å². The molecule has 1 saturated heterocycles. The monoisotopic (exact) mass is 329 g/mol. The lowest BCUT2D eigenvalue weighted by Gasteiger charge is -2.20. The van der Waals surface area contributed by atoms with Gasteiger partial charge in [-0.2, -0.15) is 5.01 Å². The molecule has 0 aromatic carbocycles. The molecule has 2 aliphatic rings. The lowest BCUT2D eigenvalue weighted by Crippen LogP contribution is -2.43. The van der Waals surface area contributed by atoms with Crippen LogP contribution in [0.3, 0.4) is 0 Å². The van der Waals surface area contributed by atoms with Crippen molar-refractivity contribution in [2.24, 2.45) is 0 Å². The van der Waals surface area contributed by atoms with Crippen LogP contribution in [0.15, 0.2) is 20.5 Å². The average molecular weight is 329 g/mol. The van der Waals surface area contributed by atoms with E-state index in [4.69, 9.17) is 12.2 Å². The highest BCUT2D eigenvalue weighted by Crippen LogP contribution is 2.46. The molecule has 5 nitrogen and oxygen atoms in total. The van der Waals surface area contributed by atoms with E-state index in [-0.39, 0.29) is 11.8 Å². The Labute approximate surface area is 131 Å². The maximum Gasteiger partial charge on any atom is 0.287 e. The Morgan fingerprint density at radius 1 is 1.35 bits per heavy atom. The SMILES string of the molecule is CCN1C(C)=C(C)SC1=C1SC(=S)N(NC(C)=O)C1=O. The largest absolute Gasteiger partial charge is 0.338 e. The van der Waals surface area contributed by atoms with Gasteiger partial charge in [0.25, 0.3) is 5.91 Å². The third kappa shape index (κ3) is 2.59. The summed E-state index contributed by atoms with van der Waals surface area (Å²) in [4.78, 5) is 27.4. The van der Waals surface area contributed by atoms with Crippen LogP contribution in [0, 0.1) is 0 Å². The summed E-state index contributed by atoms with van der Waals surface area (Å²) in [5.74, 6) is -0.580. The number of carbonyl (C=O) groups excluding carboxylic acids is 2. The van der Waals surface area contributed by atoms with Gasteiger partial charge in [0.2, 0.25) is 5.91 Å². The molecule has 0 aromatic rings. The Kier molecular flexibility index (Phi) is 4.46. The molecule has 108 valence electrons. The van der Waals surface area contributed by atoms with E-state index in [1.807, 2.05) is 20.8 Å². The summed E-state index contributed by atoms with van der Waals surface area (Å²) in [5, 5.41) is 2.04. The molecule has 0 unspecified atom stereocenters. The van der Waals surface area contributed by atoms with Gasteiger partial charge in [-0.3, -0.25) is 15.0 Å². The Hall–Kier alpha value is -0.990. The zero-order chi connectivity index (χ0) is 15.0. The van der Waals surface area contributed by atoms with E-state index in [0.717, 1.165) is 22.3 Å². The van der Waals surface area contributed by atoms with Crippen molar-refractivity contribution >= 4 is 51.9 Å². The highest BCUT2D eigenvalue weighted by atomic mass is 32.2. The summed E-state index contributed by atoms with van der Waals surface area (Å²) >= 11 is 7.96. The number of rotatable bonds is 2. The van der Waals surface area contributed by atoms with Crippen LogP contribution in [-0.4, -0.2) is 32.6 Å². The standard InChI is InChI=1S/C12H15N3O2S3/c1-5-14-6(2)7(3)19-11(14)9-10(17)15(12(18)20-9)13-8(4)16/h5H2,1-4H3,(H,13,16). The first-order valence-corrected chi connectivity index (χ1v) is 8.11. The van der Waals surface area contributed by atoms with E-state index >= 15 is 0 Å². The number of hydrogen-bond acceptors (Lipinski definition) is 6. The Morgan fingerprint density at radius 3 is 2.55 bits per heavy atom. The van der Waals surface area contributed by atoms with Crippen molar-refractivity contribution < 1.29 is 9.59 Å². The van der Waals surface area contributed by atoms with Crippen molar-refractivity contribution in [2.75, 3.05) is 6.54 Å². The first kappa shape index (κ1) is 15.4. The van der Waals surface area contributed by atoms with Gasteiger partial charge in [0.15, 0.2) is 4.32 Å². The van der Waals surface area contributed by atoms with Crippen LogP contribution in [0.1, 0.15) is 27.7 Å². The van der Waals surface area contributed by atoms with Crippen molar-refractivity contribution in [3.8, 4) is 0 Å². The van der Waals surface area contributed by atoms with E-state index in [1.54, 1.807) is 11.8 Å². The molecule has 0 aromatic heterocycles. The Bertz CT molecular complexity index is 568. The van der Waals surface area contributed by atoms with Gasteiger partial charge in [-0.1, -0.05) is 11.8 Å². The van der Waals surface area contributed by atoms with Crippen LogP contribution in [0.25, 0.3) is 0 Å². The number of carbonyl (C=O) groups is 2. The first-order valence-electron chi connectivity index (χ1n) is 6.07. The molecule has 1 fully saturated rings. The van der Waals surface area contributed by atoms with Crippen molar-refractivity contribution in [2.45, 2.75) is 27.7 Å². The number of nitrogens with one attached hydrogen (secondary N) is 1. The molecule has 8 heteroatoms. The highest BCUT2D eigenvalue weighted by molar-refractivity contribution is 8.27. The van der Waals surface area contributed by atoms with Gasteiger partial charge < -0.3 is 4.90 Å². The van der Waals surface area contributed by atoms with E-state index in [0.29, 0.717) is 9.23 Å². The van der Waals surface area contributed by atoms with E-state index < -0.39 is 0 Å².